The smallest absolute Gasteiger partial charge is 0.493 e. The Labute approximate surface area is 204 Å². The molecule has 0 radical (unpaired) electrons. The van der Waals surface area contributed by atoms with Gasteiger partial charge < -0.3 is 23.7 Å². The summed E-state index contributed by atoms with van der Waals surface area (Å²) in [6.45, 7) is 3.12. The summed E-state index contributed by atoms with van der Waals surface area (Å²) in [5.41, 5.74) is 1.37. The number of carbonyl (C=O) groups excluding carboxylic acids is 1. The largest absolute Gasteiger partial charge is 0.573 e. The number of nitrogens with zero attached hydrogens (tertiary/aromatic N) is 2. The van der Waals surface area contributed by atoms with Gasteiger partial charge >= 0.3 is 18.4 Å². The van der Waals surface area contributed by atoms with Gasteiger partial charge in [0.2, 0.25) is 0 Å². The number of carboxylic acid groups (broad SMARTS) is 1. The van der Waals surface area contributed by atoms with Crippen molar-refractivity contribution < 1.29 is 46.5 Å². The van der Waals surface area contributed by atoms with Crippen LogP contribution in [0.25, 0.3) is 0 Å². The molecule has 36 heavy (non-hydrogen) atoms. The molecule has 0 spiro atoms. The first kappa shape index (κ1) is 26.4. The molecule has 0 saturated heterocycles. The Hall–Kier alpha value is -4.22. The van der Waals surface area contributed by atoms with Crippen molar-refractivity contribution in [3.63, 3.8) is 0 Å². The Morgan fingerprint density at radius 2 is 1.75 bits per heavy atom. The monoisotopic (exact) mass is 508 g/mol. The van der Waals surface area contributed by atoms with Gasteiger partial charge in [-0.25, -0.2) is 9.78 Å². The van der Waals surface area contributed by atoms with Crippen LogP contribution in [0.3, 0.4) is 0 Å². The molecule has 192 valence electrons. The zero-order chi connectivity index (χ0) is 26.3. The van der Waals surface area contributed by atoms with Gasteiger partial charge in [-0.05, 0) is 48.9 Å². The third kappa shape index (κ3) is 8.22. The van der Waals surface area contributed by atoms with Crippen LogP contribution in [0.5, 0.6) is 17.2 Å². The molecule has 0 saturated carbocycles. The first-order valence-electron chi connectivity index (χ1n) is 10.7. The van der Waals surface area contributed by atoms with Gasteiger partial charge in [0.15, 0.2) is 5.89 Å². The molecule has 0 aliphatic rings. The molecule has 1 amide bonds. The second-order valence-corrected chi connectivity index (χ2v) is 7.62. The third-order valence-corrected chi connectivity index (χ3v) is 4.73. The number of ether oxygens (including phenoxy) is 3. The minimum absolute atomic E-state index is 0.0830. The van der Waals surface area contributed by atoms with Crippen molar-refractivity contribution in [2.45, 2.75) is 33.2 Å². The van der Waals surface area contributed by atoms with E-state index < -0.39 is 30.7 Å². The summed E-state index contributed by atoms with van der Waals surface area (Å²) in [7, 11) is 0. The van der Waals surface area contributed by atoms with Crippen LogP contribution in [0.4, 0.5) is 18.0 Å². The number of carboxylic acids is 1. The van der Waals surface area contributed by atoms with E-state index >= 15 is 0 Å². The normalized spacial score (nSPS) is 11.1. The number of aliphatic carboxylic acids is 1. The lowest BCUT2D eigenvalue weighted by Crippen LogP contribution is -2.37. The number of halogens is 3. The van der Waals surface area contributed by atoms with E-state index in [1.165, 1.54) is 0 Å². The maximum atomic E-state index is 12.6. The standard InChI is InChI=1S/C24H23F3N2O7/c1-15-21(28-16(2)34-15)10-11-33-20-5-3-4-17(12-20)13-29(14-22(30)31)23(32)35-18-6-8-19(9-7-18)36-24(25,26)27/h3-9,12H,10-11,13-14H2,1-2H3,(H,30,31). The van der Waals surface area contributed by atoms with Gasteiger partial charge in [-0.15, -0.1) is 13.2 Å². The van der Waals surface area contributed by atoms with Gasteiger partial charge in [-0.3, -0.25) is 9.69 Å². The van der Waals surface area contributed by atoms with E-state index in [4.69, 9.17) is 13.9 Å². The van der Waals surface area contributed by atoms with Crippen molar-refractivity contribution in [2.75, 3.05) is 13.2 Å². The summed E-state index contributed by atoms with van der Waals surface area (Å²) in [5.74, 6) is -0.0489. The predicted octanol–water partition coefficient (Wildman–Crippen LogP) is 4.90. The van der Waals surface area contributed by atoms with Crippen LogP contribution < -0.4 is 14.2 Å². The minimum atomic E-state index is -4.86. The summed E-state index contributed by atoms with van der Waals surface area (Å²) in [6, 6.07) is 10.9. The first-order valence-corrected chi connectivity index (χ1v) is 10.7. The average Bonchev–Trinajstić information content (AvgIpc) is 3.10. The molecular weight excluding hydrogens is 485 g/mol. The molecule has 3 aromatic rings. The number of rotatable bonds is 10. The van der Waals surface area contributed by atoms with Gasteiger partial charge in [0, 0.05) is 19.9 Å². The predicted molar refractivity (Wildman–Crippen MR) is 119 cm³/mol. The van der Waals surface area contributed by atoms with Crippen LogP contribution in [-0.4, -0.2) is 46.6 Å². The molecule has 3 rings (SSSR count). The number of benzene rings is 2. The summed E-state index contributed by atoms with van der Waals surface area (Å²) < 4.78 is 56.9. The fraction of sp³-hybridized carbons (Fsp3) is 0.292. The lowest BCUT2D eigenvalue weighted by molar-refractivity contribution is -0.274. The second kappa shape index (κ2) is 11.5. The molecule has 0 aliphatic heterocycles. The van der Waals surface area contributed by atoms with Crippen molar-refractivity contribution in [3.8, 4) is 17.2 Å². The molecule has 0 aliphatic carbocycles. The molecule has 1 N–H and O–H groups in total. The Bertz CT molecular complexity index is 1190. The molecule has 0 fully saturated rings. The Morgan fingerprint density at radius 3 is 2.36 bits per heavy atom. The van der Waals surface area contributed by atoms with Crippen molar-refractivity contribution in [1.82, 2.24) is 9.88 Å². The van der Waals surface area contributed by atoms with Gasteiger partial charge in [0.05, 0.1) is 12.3 Å². The molecule has 0 unspecified atom stereocenters. The van der Waals surface area contributed by atoms with Crippen LogP contribution in [-0.2, 0) is 17.8 Å². The van der Waals surface area contributed by atoms with Gasteiger partial charge in [0.25, 0.3) is 0 Å². The van der Waals surface area contributed by atoms with Gasteiger partial charge in [-0.2, -0.15) is 0 Å². The molecule has 12 heteroatoms. The van der Waals surface area contributed by atoms with Crippen LogP contribution >= 0.6 is 0 Å². The fourth-order valence-electron chi connectivity index (χ4n) is 3.25. The summed E-state index contributed by atoms with van der Waals surface area (Å²) in [4.78, 5) is 29.1. The van der Waals surface area contributed by atoms with E-state index in [-0.39, 0.29) is 12.3 Å². The highest BCUT2D eigenvalue weighted by Crippen LogP contribution is 2.25. The number of alkyl halides is 3. The van der Waals surface area contributed by atoms with Crippen LogP contribution in [0.2, 0.25) is 0 Å². The van der Waals surface area contributed by atoms with Crippen molar-refractivity contribution in [2.24, 2.45) is 0 Å². The van der Waals surface area contributed by atoms with Crippen LogP contribution in [0.1, 0.15) is 22.9 Å². The van der Waals surface area contributed by atoms with Crippen LogP contribution in [0, 0.1) is 13.8 Å². The quantitative estimate of drug-likeness (QED) is 0.412. The number of amides is 1. The zero-order valence-electron chi connectivity index (χ0n) is 19.4. The SMILES string of the molecule is Cc1nc(CCOc2cccc(CN(CC(=O)O)C(=O)Oc3ccc(OC(F)(F)F)cc3)c2)c(C)o1. The average molecular weight is 508 g/mol. The van der Waals surface area contributed by atoms with Gasteiger partial charge in [0.1, 0.15) is 29.6 Å². The molecular formula is C24H23F3N2O7. The van der Waals surface area contributed by atoms with Crippen molar-refractivity contribution >= 4 is 12.1 Å². The molecule has 9 nitrogen and oxygen atoms in total. The highest BCUT2D eigenvalue weighted by molar-refractivity contribution is 5.78. The Kier molecular flexibility index (Phi) is 8.41. The number of aryl methyl sites for hydroxylation is 2. The Balaban J connectivity index is 1.61. The summed E-state index contributed by atoms with van der Waals surface area (Å²) in [5, 5.41) is 9.21. The molecule has 0 bridgehead atoms. The fourth-order valence-corrected chi connectivity index (χ4v) is 3.25. The summed E-state index contributed by atoms with van der Waals surface area (Å²) in [6.07, 6.45) is -5.33. The lowest BCUT2D eigenvalue weighted by Gasteiger charge is -2.20. The molecule has 1 aromatic heterocycles. The van der Waals surface area contributed by atoms with E-state index in [1.54, 1.807) is 31.2 Å². The number of hydrogen-bond acceptors (Lipinski definition) is 7. The number of aromatic nitrogens is 1. The highest BCUT2D eigenvalue weighted by atomic mass is 19.4. The topological polar surface area (TPSA) is 111 Å². The van der Waals surface area contributed by atoms with E-state index in [1.807, 2.05) is 6.92 Å². The second-order valence-electron chi connectivity index (χ2n) is 7.62. The third-order valence-electron chi connectivity index (χ3n) is 4.73. The van der Waals surface area contributed by atoms with E-state index in [2.05, 4.69) is 9.72 Å². The zero-order valence-corrected chi connectivity index (χ0v) is 19.4. The van der Waals surface area contributed by atoms with E-state index in [0.29, 0.717) is 30.2 Å². The Morgan fingerprint density at radius 1 is 1.06 bits per heavy atom. The van der Waals surface area contributed by atoms with Crippen LogP contribution in [0.15, 0.2) is 52.9 Å². The maximum Gasteiger partial charge on any atom is 0.573 e. The summed E-state index contributed by atoms with van der Waals surface area (Å²) >= 11 is 0. The molecule has 0 atom stereocenters. The lowest BCUT2D eigenvalue weighted by atomic mass is 10.2. The number of carbonyl (C=O) groups is 2. The van der Waals surface area contributed by atoms with Crippen molar-refractivity contribution in [3.05, 3.63) is 71.4 Å². The minimum Gasteiger partial charge on any atom is -0.493 e. The molecule has 1 heterocycles. The van der Waals surface area contributed by atoms with Crippen molar-refractivity contribution in [1.29, 1.82) is 0 Å². The number of oxazole rings is 1. The number of hydrogen-bond donors (Lipinski definition) is 1. The van der Waals surface area contributed by atoms with Gasteiger partial charge in [-0.1, -0.05) is 12.1 Å². The highest BCUT2D eigenvalue weighted by Gasteiger charge is 2.31. The first-order chi connectivity index (χ1) is 17.0. The van der Waals surface area contributed by atoms with E-state index in [9.17, 15) is 27.9 Å². The molecule has 2 aromatic carbocycles. The maximum absolute atomic E-state index is 12.6. The van der Waals surface area contributed by atoms with E-state index in [0.717, 1.165) is 40.6 Å².